The lowest BCUT2D eigenvalue weighted by atomic mass is 9.91. The summed E-state index contributed by atoms with van der Waals surface area (Å²) >= 11 is 0. The Labute approximate surface area is 116 Å². The number of nitro benzene ring substituents is 1. The number of nitrogens with two attached hydrogens (primary N) is 1. The van der Waals surface area contributed by atoms with Crippen LogP contribution in [0.4, 0.5) is 11.5 Å². The highest BCUT2D eigenvalue weighted by Crippen LogP contribution is 2.29. The zero-order chi connectivity index (χ0) is 15.1. The van der Waals surface area contributed by atoms with Gasteiger partial charge in [-0.25, -0.2) is 4.68 Å². The Morgan fingerprint density at radius 1 is 1.35 bits per heavy atom. The van der Waals surface area contributed by atoms with Crippen LogP contribution in [0.15, 0.2) is 18.2 Å². The molecule has 0 unspecified atom stereocenters. The molecule has 1 aromatic carbocycles. The SMILES string of the molecule is Cc1cc(-n2nnc(N)c2C(C)(C)C)ccc1[N+](=O)[O-]. The van der Waals surface area contributed by atoms with Gasteiger partial charge in [0.25, 0.3) is 5.69 Å². The summed E-state index contributed by atoms with van der Waals surface area (Å²) in [7, 11) is 0. The molecule has 0 amide bonds. The number of anilines is 1. The van der Waals surface area contributed by atoms with E-state index >= 15 is 0 Å². The third-order valence-corrected chi connectivity index (χ3v) is 3.03. The van der Waals surface area contributed by atoms with Crippen molar-refractivity contribution in [1.29, 1.82) is 0 Å². The number of rotatable bonds is 2. The van der Waals surface area contributed by atoms with Crippen molar-refractivity contribution in [3.63, 3.8) is 0 Å². The monoisotopic (exact) mass is 275 g/mol. The molecule has 0 aliphatic carbocycles. The molecule has 0 saturated carbocycles. The van der Waals surface area contributed by atoms with Gasteiger partial charge in [-0.05, 0) is 19.1 Å². The molecule has 1 aromatic heterocycles. The number of nitro groups is 1. The van der Waals surface area contributed by atoms with Crippen LogP contribution < -0.4 is 5.73 Å². The Kier molecular flexibility index (Phi) is 3.21. The van der Waals surface area contributed by atoms with E-state index in [1.54, 1.807) is 23.7 Å². The van der Waals surface area contributed by atoms with E-state index in [0.717, 1.165) is 5.69 Å². The molecular formula is C13H17N5O2. The zero-order valence-corrected chi connectivity index (χ0v) is 11.9. The van der Waals surface area contributed by atoms with Gasteiger partial charge in [0, 0.05) is 17.0 Å². The van der Waals surface area contributed by atoms with Crippen LogP contribution >= 0.6 is 0 Å². The molecule has 0 spiro atoms. The molecule has 2 N–H and O–H groups in total. The maximum atomic E-state index is 10.9. The van der Waals surface area contributed by atoms with Gasteiger partial charge in [-0.3, -0.25) is 10.1 Å². The number of hydrogen-bond donors (Lipinski definition) is 1. The average Bonchev–Trinajstić information content (AvgIpc) is 2.70. The molecular weight excluding hydrogens is 258 g/mol. The number of benzene rings is 1. The van der Waals surface area contributed by atoms with Gasteiger partial charge < -0.3 is 5.73 Å². The molecule has 0 atom stereocenters. The molecule has 0 aliphatic rings. The van der Waals surface area contributed by atoms with Crippen molar-refractivity contribution in [2.45, 2.75) is 33.1 Å². The van der Waals surface area contributed by atoms with Gasteiger partial charge in [-0.15, -0.1) is 5.10 Å². The van der Waals surface area contributed by atoms with E-state index in [9.17, 15) is 10.1 Å². The fourth-order valence-electron chi connectivity index (χ4n) is 2.15. The maximum absolute atomic E-state index is 10.9. The summed E-state index contributed by atoms with van der Waals surface area (Å²) < 4.78 is 1.63. The Morgan fingerprint density at radius 3 is 2.50 bits per heavy atom. The topological polar surface area (TPSA) is 99.9 Å². The van der Waals surface area contributed by atoms with Crippen LogP contribution in [0, 0.1) is 17.0 Å². The zero-order valence-electron chi connectivity index (χ0n) is 11.9. The summed E-state index contributed by atoms with van der Waals surface area (Å²) in [5.41, 5.74) is 7.79. The second-order valence-corrected chi connectivity index (χ2v) is 5.71. The average molecular weight is 275 g/mol. The van der Waals surface area contributed by atoms with E-state index in [0.29, 0.717) is 17.1 Å². The van der Waals surface area contributed by atoms with E-state index in [2.05, 4.69) is 10.3 Å². The molecule has 2 aromatic rings. The van der Waals surface area contributed by atoms with Crippen LogP contribution in [-0.4, -0.2) is 19.9 Å². The lowest BCUT2D eigenvalue weighted by molar-refractivity contribution is -0.385. The second-order valence-electron chi connectivity index (χ2n) is 5.71. The number of nitrogen functional groups attached to an aromatic ring is 1. The van der Waals surface area contributed by atoms with Crippen LogP contribution in [0.1, 0.15) is 32.0 Å². The van der Waals surface area contributed by atoms with Crippen LogP contribution in [0.5, 0.6) is 0 Å². The van der Waals surface area contributed by atoms with Crippen molar-refractivity contribution in [2.24, 2.45) is 0 Å². The van der Waals surface area contributed by atoms with Crippen molar-refractivity contribution < 1.29 is 4.92 Å². The largest absolute Gasteiger partial charge is 0.381 e. The van der Waals surface area contributed by atoms with Crippen LogP contribution in [0.2, 0.25) is 0 Å². The predicted molar refractivity (Wildman–Crippen MR) is 75.9 cm³/mol. The third-order valence-electron chi connectivity index (χ3n) is 3.03. The Balaban J connectivity index is 2.59. The molecule has 7 heteroatoms. The van der Waals surface area contributed by atoms with Crippen molar-refractivity contribution in [1.82, 2.24) is 15.0 Å². The molecule has 20 heavy (non-hydrogen) atoms. The van der Waals surface area contributed by atoms with Crippen LogP contribution in [-0.2, 0) is 5.41 Å². The normalized spacial score (nSPS) is 11.6. The first-order chi connectivity index (χ1) is 9.21. The minimum atomic E-state index is -0.403. The molecule has 0 fully saturated rings. The van der Waals surface area contributed by atoms with Gasteiger partial charge in [0.2, 0.25) is 0 Å². The summed E-state index contributed by atoms with van der Waals surface area (Å²) in [6, 6.07) is 4.82. The molecule has 106 valence electrons. The van der Waals surface area contributed by atoms with E-state index in [4.69, 9.17) is 5.73 Å². The summed E-state index contributed by atoms with van der Waals surface area (Å²) in [6.45, 7) is 7.73. The number of aromatic nitrogens is 3. The molecule has 2 rings (SSSR count). The fraction of sp³-hybridized carbons (Fsp3) is 0.385. The Bertz CT molecular complexity index is 670. The minimum Gasteiger partial charge on any atom is -0.381 e. The molecule has 1 heterocycles. The highest BCUT2D eigenvalue weighted by molar-refractivity contribution is 5.50. The van der Waals surface area contributed by atoms with Gasteiger partial charge in [0.05, 0.1) is 16.3 Å². The third kappa shape index (κ3) is 2.34. The van der Waals surface area contributed by atoms with Gasteiger partial charge in [-0.2, -0.15) is 0 Å². The quantitative estimate of drug-likeness (QED) is 0.669. The van der Waals surface area contributed by atoms with Gasteiger partial charge in [0.15, 0.2) is 5.82 Å². The number of nitrogens with zero attached hydrogens (tertiary/aromatic N) is 4. The first kappa shape index (κ1) is 14.0. The van der Waals surface area contributed by atoms with E-state index in [1.165, 1.54) is 6.07 Å². The summed E-state index contributed by atoms with van der Waals surface area (Å²) in [4.78, 5) is 10.4. The van der Waals surface area contributed by atoms with Crippen molar-refractivity contribution in [2.75, 3.05) is 5.73 Å². The lowest BCUT2D eigenvalue weighted by Crippen LogP contribution is -2.19. The van der Waals surface area contributed by atoms with Crippen molar-refractivity contribution >= 4 is 11.5 Å². The standard InChI is InChI=1S/C13H17N5O2/c1-8-7-9(5-6-10(8)18(19)20)17-11(13(2,3)4)12(14)15-16-17/h5-7H,14H2,1-4H3. The number of hydrogen-bond acceptors (Lipinski definition) is 5. The lowest BCUT2D eigenvalue weighted by Gasteiger charge is -2.20. The summed E-state index contributed by atoms with van der Waals surface area (Å²) in [5.74, 6) is 0.369. The number of aryl methyl sites for hydroxylation is 1. The Hall–Kier alpha value is -2.44. The molecule has 0 saturated heterocycles. The first-order valence-electron chi connectivity index (χ1n) is 6.19. The highest BCUT2D eigenvalue weighted by Gasteiger charge is 2.25. The predicted octanol–water partition coefficient (Wildman–Crippen LogP) is 2.36. The molecule has 0 radical (unpaired) electrons. The van der Waals surface area contributed by atoms with Crippen LogP contribution in [0.3, 0.4) is 0 Å². The van der Waals surface area contributed by atoms with Crippen LogP contribution in [0.25, 0.3) is 5.69 Å². The summed E-state index contributed by atoms with van der Waals surface area (Å²) in [5, 5.41) is 18.8. The van der Waals surface area contributed by atoms with E-state index in [-0.39, 0.29) is 11.1 Å². The van der Waals surface area contributed by atoms with Crippen molar-refractivity contribution in [3.8, 4) is 5.69 Å². The van der Waals surface area contributed by atoms with Crippen molar-refractivity contribution in [3.05, 3.63) is 39.6 Å². The minimum absolute atomic E-state index is 0.0825. The van der Waals surface area contributed by atoms with E-state index < -0.39 is 4.92 Å². The molecule has 0 aliphatic heterocycles. The second kappa shape index (κ2) is 4.59. The Morgan fingerprint density at radius 2 is 2.00 bits per heavy atom. The molecule has 7 nitrogen and oxygen atoms in total. The maximum Gasteiger partial charge on any atom is 0.272 e. The van der Waals surface area contributed by atoms with Gasteiger partial charge >= 0.3 is 0 Å². The molecule has 0 bridgehead atoms. The van der Waals surface area contributed by atoms with E-state index in [1.807, 2.05) is 20.8 Å². The smallest absolute Gasteiger partial charge is 0.272 e. The fourth-order valence-corrected chi connectivity index (χ4v) is 2.15. The summed E-state index contributed by atoms with van der Waals surface area (Å²) in [6.07, 6.45) is 0. The van der Waals surface area contributed by atoms with Gasteiger partial charge in [-0.1, -0.05) is 26.0 Å². The highest BCUT2D eigenvalue weighted by atomic mass is 16.6. The van der Waals surface area contributed by atoms with Gasteiger partial charge in [0.1, 0.15) is 0 Å². The first-order valence-corrected chi connectivity index (χ1v) is 6.19.